The standard InChI is InChI=1S/C12H15NO6S/c1-8-3-2-4-9(7-8)20(18,19)13-10(12(16)17)5-6-11(14)15/h2-4,7,10,13H,5-6H2,1H3,(H,14,15)(H,16,17)/t10-/m1/s1. The summed E-state index contributed by atoms with van der Waals surface area (Å²) in [5.74, 6) is -2.60. The van der Waals surface area contributed by atoms with Gasteiger partial charge in [0.1, 0.15) is 6.04 Å². The van der Waals surface area contributed by atoms with Crippen molar-refractivity contribution in [1.82, 2.24) is 4.72 Å². The van der Waals surface area contributed by atoms with E-state index >= 15 is 0 Å². The third-order valence-electron chi connectivity index (χ3n) is 2.54. The summed E-state index contributed by atoms with van der Waals surface area (Å²) in [6.07, 6.45) is -0.761. The average Bonchev–Trinajstić information content (AvgIpc) is 2.34. The van der Waals surface area contributed by atoms with E-state index < -0.39 is 34.4 Å². The van der Waals surface area contributed by atoms with Crippen LogP contribution in [0.3, 0.4) is 0 Å². The van der Waals surface area contributed by atoms with Crippen LogP contribution in [0.4, 0.5) is 0 Å². The molecule has 1 aromatic carbocycles. The van der Waals surface area contributed by atoms with Crippen LogP contribution in [-0.4, -0.2) is 36.6 Å². The molecular weight excluding hydrogens is 286 g/mol. The van der Waals surface area contributed by atoms with E-state index in [0.29, 0.717) is 5.56 Å². The first-order valence-electron chi connectivity index (χ1n) is 5.76. The fourth-order valence-electron chi connectivity index (χ4n) is 1.54. The fourth-order valence-corrected chi connectivity index (χ4v) is 2.87. The predicted molar refractivity (Wildman–Crippen MR) is 69.8 cm³/mol. The second-order valence-electron chi connectivity index (χ2n) is 4.26. The van der Waals surface area contributed by atoms with Crippen molar-refractivity contribution in [2.45, 2.75) is 30.7 Å². The summed E-state index contributed by atoms with van der Waals surface area (Å²) in [4.78, 5) is 21.3. The molecule has 0 radical (unpaired) electrons. The number of carboxylic acids is 2. The van der Waals surface area contributed by atoms with E-state index in [1.807, 2.05) is 4.72 Å². The van der Waals surface area contributed by atoms with Gasteiger partial charge in [-0.2, -0.15) is 4.72 Å². The van der Waals surface area contributed by atoms with Crippen molar-refractivity contribution in [3.05, 3.63) is 29.8 Å². The average molecular weight is 301 g/mol. The highest BCUT2D eigenvalue weighted by Crippen LogP contribution is 2.12. The van der Waals surface area contributed by atoms with Gasteiger partial charge >= 0.3 is 11.9 Å². The topological polar surface area (TPSA) is 121 Å². The zero-order valence-electron chi connectivity index (χ0n) is 10.7. The molecule has 0 unspecified atom stereocenters. The number of hydrogen-bond donors (Lipinski definition) is 3. The van der Waals surface area contributed by atoms with Crippen molar-refractivity contribution < 1.29 is 28.2 Å². The molecule has 7 nitrogen and oxygen atoms in total. The molecule has 0 spiro atoms. The molecule has 0 saturated heterocycles. The lowest BCUT2D eigenvalue weighted by molar-refractivity contribution is -0.140. The van der Waals surface area contributed by atoms with Crippen molar-refractivity contribution in [3.63, 3.8) is 0 Å². The van der Waals surface area contributed by atoms with E-state index in [1.54, 1.807) is 13.0 Å². The molecule has 0 saturated carbocycles. The Balaban J connectivity index is 2.91. The van der Waals surface area contributed by atoms with Gasteiger partial charge in [0, 0.05) is 6.42 Å². The smallest absolute Gasteiger partial charge is 0.321 e. The van der Waals surface area contributed by atoms with Crippen LogP contribution in [0.2, 0.25) is 0 Å². The highest BCUT2D eigenvalue weighted by Gasteiger charge is 2.25. The van der Waals surface area contributed by atoms with Crippen LogP contribution in [-0.2, 0) is 19.6 Å². The summed E-state index contributed by atoms with van der Waals surface area (Å²) in [5.41, 5.74) is 0.713. The molecule has 8 heteroatoms. The summed E-state index contributed by atoms with van der Waals surface area (Å²) in [5, 5.41) is 17.5. The highest BCUT2D eigenvalue weighted by atomic mass is 32.2. The summed E-state index contributed by atoms with van der Waals surface area (Å²) in [7, 11) is -4.00. The second-order valence-corrected chi connectivity index (χ2v) is 5.98. The lowest BCUT2D eigenvalue weighted by Gasteiger charge is -2.14. The monoisotopic (exact) mass is 301 g/mol. The molecule has 110 valence electrons. The van der Waals surface area contributed by atoms with Crippen LogP contribution >= 0.6 is 0 Å². The molecule has 0 heterocycles. The van der Waals surface area contributed by atoms with Crippen LogP contribution in [0.1, 0.15) is 18.4 Å². The van der Waals surface area contributed by atoms with Crippen LogP contribution in [0.5, 0.6) is 0 Å². The predicted octanol–water partition coefficient (Wildman–Crippen LogP) is 0.591. The van der Waals surface area contributed by atoms with Gasteiger partial charge in [0.25, 0.3) is 0 Å². The van der Waals surface area contributed by atoms with Gasteiger partial charge in [-0.3, -0.25) is 9.59 Å². The maximum Gasteiger partial charge on any atom is 0.321 e. The molecule has 1 aromatic rings. The molecular formula is C12H15NO6S. The molecule has 0 aromatic heterocycles. The molecule has 0 aliphatic rings. The summed E-state index contributed by atoms with van der Waals surface area (Å²) < 4.78 is 26.0. The quantitative estimate of drug-likeness (QED) is 0.678. The van der Waals surface area contributed by atoms with Crippen molar-refractivity contribution in [2.75, 3.05) is 0 Å². The van der Waals surface area contributed by atoms with Crippen LogP contribution in [0.15, 0.2) is 29.2 Å². The maximum atomic E-state index is 12.0. The van der Waals surface area contributed by atoms with E-state index in [4.69, 9.17) is 10.2 Å². The van der Waals surface area contributed by atoms with Crippen LogP contribution < -0.4 is 4.72 Å². The Kier molecular flexibility index (Phi) is 5.23. The van der Waals surface area contributed by atoms with Gasteiger partial charge < -0.3 is 10.2 Å². The molecule has 3 N–H and O–H groups in total. The lowest BCUT2D eigenvalue weighted by Crippen LogP contribution is -2.41. The number of hydrogen-bond acceptors (Lipinski definition) is 4. The minimum atomic E-state index is -4.00. The van der Waals surface area contributed by atoms with Crippen molar-refractivity contribution >= 4 is 22.0 Å². The molecule has 0 aliphatic carbocycles. The number of benzene rings is 1. The molecule has 0 fully saturated rings. The van der Waals surface area contributed by atoms with Crippen molar-refractivity contribution in [2.24, 2.45) is 0 Å². The van der Waals surface area contributed by atoms with Gasteiger partial charge in [0.2, 0.25) is 10.0 Å². The molecule has 1 atom stereocenters. The van der Waals surface area contributed by atoms with Crippen molar-refractivity contribution in [3.8, 4) is 0 Å². The zero-order chi connectivity index (χ0) is 15.3. The third kappa shape index (κ3) is 4.63. The zero-order valence-corrected chi connectivity index (χ0v) is 11.6. The van der Waals surface area contributed by atoms with Gasteiger partial charge in [-0.25, -0.2) is 8.42 Å². The maximum absolute atomic E-state index is 12.0. The van der Waals surface area contributed by atoms with E-state index in [9.17, 15) is 18.0 Å². The van der Waals surface area contributed by atoms with Gasteiger partial charge in [-0.05, 0) is 31.0 Å². The Morgan fingerprint density at radius 1 is 1.30 bits per heavy atom. The number of aryl methyl sites for hydroxylation is 1. The molecule has 0 aliphatic heterocycles. The van der Waals surface area contributed by atoms with E-state index in [-0.39, 0.29) is 11.3 Å². The third-order valence-corrected chi connectivity index (χ3v) is 4.01. The number of rotatable bonds is 7. The van der Waals surface area contributed by atoms with E-state index in [0.717, 1.165) is 0 Å². The summed E-state index contributed by atoms with van der Waals surface area (Å²) >= 11 is 0. The summed E-state index contributed by atoms with van der Waals surface area (Å²) in [6, 6.07) is 4.51. The Hall–Kier alpha value is -1.93. The number of carbonyl (C=O) groups is 2. The van der Waals surface area contributed by atoms with E-state index in [1.165, 1.54) is 18.2 Å². The van der Waals surface area contributed by atoms with E-state index in [2.05, 4.69) is 0 Å². The Morgan fingerprint density at radius 2 is 1.95 bits per heavy atom. The Labute approximate surface area is 116 Å². The number of carboxylic acid groups (broad SMARTS) is 2. The molecule has 1 rings (SSSR count). The molecule has 20 heavy (non-hydrogen) atoms. The summed E-state index contributed by atoms with van der Waals surface area (Å²) in [6.45, 7) is 1.71. The minimum Gasteiger partial charge on any atom is -0.481 e. The normalized spacial score (nSPS) is 12.8. The largest absolute Gasteiger partial charge is 0.481 e. The molecule has 0 bridgehead atoms. The minimum absolute atomic E-state index is 0.0564. The first-order valence-corrected chi connectivity index (χ1v) is 7.24. The second kappa shape index (κ2) is 6.49. The SMILES string of the molecule is Cc1cccc(S(=O)(=O)N[C@H](CCC(=O)O)C(=O)O)c1. The lowest BCUT2D eigenvalue weighted by atomic mass is 10.2. The van der Waals surface area contributed by atoms with Gasteiger partial charge in [0.05, 0.1) is 4.90 Å². The highest BCUT2D eigenvalue weighted by molar-refractivity contribution is 7.89. The van der Waals surface area contributed by atoms with Gasteiger partial charge in [-0.1, -0.05) is 12.1 Å². The van der Waals surface area contributed by atoms with Crippen LogP contribution in [0, 0.1) is 6.92 Å². The van der Waals surface area contributed by atoms with Crippen LogP contribution in [0.25, 0.3) is 0 Å². The number of nitrogens with one attached hydrogen (secondary N) is 1. The first kappa shape index (κ1) is 16.1. The Morgan fingerprint density at radius 3 is 2.45 bits per heavy atom. The first-order chi connectivity index (χ1) is 9.22. The van der Waals surface area contributed by atoms with Gasteiger partial charge in [-0.15, -0.1) is 0 Å². The fraction of sp³-hybridized carbons (Fsp3) is 0.333. The number of sulfonamides is 1. The molecule has 0 amide bonds. The Bertz CT molecular complexity index is 610. The van der Waals surface area contributed by atoms with Gasteiger partial charge in [0.15, 0.2) is 0 Å². The number of aliphatic carboxylic acids is 2. The van der Waals surface area contributed by atoms with Crippen molar-refractivity contribution in [1.29, 1.82) is 0 Å².